The molecule has 1 aromatic heterocycles. The molecule has 0 bridgehead atoms. The number of hydrogen-bond donors (Lipinski definition) is 2. The van der Waals surface area contributed by atoms with Gasteiger partial charge in [0.2, 0.25) is 0 Å². The maximum Gasteiger partial charge on any atom is 0.410 e. The number of fused-ring (bicyclic) bond motifs is 1. The number of methoxy groups -OCH3 is 1. The molecule has 2 heterocycles. The molecule has 0 radical (unpaired) electrons. The summed E-state index contributed by atoms with van der Waals surface area (Å²) in [5.74, 6) is -0.980. The van der Waals surface area contributed by atoms with Crippen molar-refractivity contribution < 1.29 is 27.1 Å². The second kappa shape index (κ2) is 7.55. The monoisotopic (exact) mass is 386 g/mol. The van der Waals surface area contributed by atoms with Gasteiger partial charge in [0.25, 0.3) is 5.91 Å². The van der Waals surface area contributed by atoms with Gasteiger partial charge in [-0.2, -0.15) is 18.3 Å². The van der Waals surface area contributed by atoms with Crippen LogP contribution in [-0.4, -0.2) is 42.1 Å². The fraction of sp³-hybridized carbons (Fsp3) is 0.412. The molecule has 0 saturated carbocycles. The molecule has 1 amide bonds. The van der Waals surface area contributed by atoms with E-state index in [1.54, 1.807) is 0 Å². The molecule has 146 valence electrons. The molecule has 10 heteroatoms. The first-order valence-electron chi connectivity index (χ1n) is 8.25. The van der Waals surface area contributed by atoms with Crippen LogP contribution in [0.2, 0.25) is 0 Å². The number of aromatic nitrogens is 2. The number of alkyl halides is 3. The van der Waals surface area contributed by atoms with Crippen molar-refractivity contribution in [2.75, 3.05) is 25.6 Å². The summed E-state index contributed by atoms with van der Waals surface area (Å²) in [6.45, 7) is 0.487. The van der Waals surface area contributed by atoms with Crippen LogP contribution >= 0.6 is 0 Å². The minimum atomic E-state index is -4.55. The van der Waals surface area contributed by atoms with Gasteiger partial charge in [-0.1, -0.05) is 12.1 Å². The fourth-order valence-corrected chi connectivity index (χ4v) is 2.96. The van der Waals surface area contributed by atoms with Gasteiger partial charge in [-0.25, -0.2) is 9.07 Å². The predicted octanol–water partition coefficient (Wildman–Crippen LogP) is 3.06. The second-order valence-electron chi connectivity index (χ2n) is 6.15. The number of nitrogens with one attached hydrogen (secondary N) is 2. The molecule has 2 atom stereocenters. The Labute approximate surface area is 152 Å². The van der Waals surface area contributed by atoms with Gasteiger partial charge in [-0.15, -0.1) is 0 Å². The topological polar surface area (TPSA) is 68.2 Å². The second-order valence-corrected chi connectivity index (χ2v) is 6.15. The van der Waals surface area contributed by atoms with Crippen LogP contribution in [0, 0.1) is 5.82 Å². The Kier molecular flexibility index (Phi) is 5.36. The highest BCUT2D eigenvalue weighted by atomic mass is 19.4. The Balaban J connectivity index is 1.88. The van der Waals surface area contributed by atoms with Crippen LogP contribution in [0.25, 0.3) is 0 Å². The fourth-order valence-electron chi connectivity index (χ4n) is 2.96. The van der Waals surface area contributed by atoms with Crippen molar-refractivity contribution in [3.8, 4) is 0 Å². The normalized spacial score (nSPS) is 19.3. The Bertz CT molecular complexity index is 804. The van der Waals surface area contributed by atoms with Crippen LogP contribution in [-0.2, 0) is 4.74 Å². The number of hydrogen-bond acceptors (Lipinski definition) is 4. The molecule has 2 aromatic rings. The first-order chi connectivity index (χ1) is 12.8. The molecule has 0 unspecified atom stereocenters. The Morgan fingerprint density at radius 1 is 1.37 bits per heavy atom. The molecule has 0 saturated heterocycles. The lowest BCUT2D eigenvalue weighted by Gasteiger charge is -2.33. The number of benzene rings is 1. The van der Waals surface area contributed by atoms with E-state index >= 15 is 0 Å². The van der Waals surface area contributed by atoms with Gasteiger partial charge in [0, 0.05) is 26.1 Å². The molecular weight excluding hydrogens is 368 g/mol. The third-order valence-corrected chi connectivity index (χ3v) is 4.29. The van der Waals surface area contributed by atoms with Gasteiger partial charge in [-0.3, -0.25) is 4.79 Å². The van der Waals surface area contributed by atoms with Gasteiger partial charge < -0.3 is 15.4 Å². The molecule has 0 fully saturated rings. The van der Waals surface area contributed by atoms with Crippen molar-refractivity contribution in [2.24, 2.45) is 0 Å². The highest BCUT2D eigenvalue weighted by molar-refractivity contribution is 5.93. The van der Waals surface area contributed by atoms with Gasteiger partial charge in [0.05, 0.1) is 12.6 Å². The summed E-state index contributed by atoms with van der Waals surface area (Å²) in [5.41, 5.74) is 0.395. The zero-order chi connectivity index (χ0) is 19.6. The average Bonchev–Trinajstić information content (AvgIpc) is 3.05. The summed E-state index contributed by atoms with van der Waals surface area (Å²) in [4.78, 5) is 12.1. The van der Waals surface area contributed by atoms with E-state index in [-0.39, 0.29) is 31.1 Å². The van der Waals surface area contributed by atoms with Crippen LogP contribution < -0.4 is 10.6 Å². The van der Waals surface area contributed by atoms with Crippen LogP contribution in [0.1, 0.15) is 34.6 Å². The van der Waals surface area contributed by atoms with Crippen molar-refractivity contribution in [1.82, 2.24) is 15.1 Å². The van der Waals surface area contributed by atoms with E-state index in [0.29, 0.717) is 5.56 Å². The summed E-state index contributed by atoms with van der Waals surface area (Å²) in [6, 6.07) is 3.95. The maximum absolute atomic E-state index is 13.6. The van der Waals surface area contributed by atoms with E-state index in [2.05, 4.69) is 15.7 Å². The molecule has 6 nitrogen and oxygen atoms in total. The van der Waals surface area contributed by atoms with E-state index < -0.39 is 30.0 Å². The predicted molar refractivity (Wildman–Crippen MR) is 88.9 cm³/mol. The summed E-state index contributed by atoms with van der Waals surface area (Å²) in [6.07, 6.45) is -4.88. The zero-order valence-corrected chi connectivity index (χ0v) is 14.4. The highest BCUT2D eigenvalue weighted by Crippen LogP contribution is 2.43. The minimum absolute atomic E-state index is 0.0785. The Morgan fingerprint density at radius 3 is 2.70 bits per heavy atom. The van der Waals surface area contributed by atoms with Crippen LogP contribution in [0.15, 0.2) is 30.3 Å². The summed E-state index contributed by atoms with van der Waals surface area (Å²) in [5, 5.41) is 9.31. The lowest BCUT2D eigenvalue weighted by molar-refractivity contribution is -0.173. The molecular formula is C17H18F4N4O2. The maximum atomic E-state index is 13.6. The van der Waals surface area contributed by atoms with Crippen molar-refractivity contribution in [3.05, 3.63) is 47.4 Å². The van der Waals surface area contributed by atoms with Gasteiger partial charge in [0.1, 0.15) is 11.6 Å². The number of carbonyl (C=O) groups is 1. The number of ether oxygens (including phenoxy) is 1. The van der Waals surface area contributed by atoms with E-state index in [9.17, 15) is 22.4 Å². The molecule has 2 N–H and O–H groups in total. The third-order valence-electron chi connectivity index (χ3n) is 4.29. The molecule has 3 rings (SSSR count). The highest BCUT2D eigenvalue weighted by Gasteiger charge is 2.46. The molecule has 0 aliphatic carbocycles. The van der Waals surface area contributed by atoms with Crippen molar-refractivity contribution in [1.29, 1.82) is 0 Å². The van der Waals surface area contributed by atoms with Crippen molar-refractivity contribution in [2.45, 2.75) is 24.7 Å². The van der Waals surface area contributed by atoms with Gasteiger partial charge in [-0.05, 0) is 17.7 Å². The quantitative estimate of drug-likeness (QED) is 0.612. The van der Waals surface area contributed by atoms with Gasteiger partial charge >= 0.3 is 6.18 Å². The van der Waals surface area contributed by atoms with Crippen LogP contribution in [0.5, 0.6) is 0 Å². The third kappa shape index (κ3) is 4.21. The number of carbonyl (C=O) groups excluding carboxylic acids is 1. The number of amides is 1. The van der Waals surface area contributed by atoms with Crippen molar-refractivity contribution >= 4 is 11.7 Å². The van der Waals surface area contributed by atoms with E-state index in [1.165, 1.54) is 37.4 Å². The molecule has 1 aromatic carbocycles. The van der Waals surface area contributed by atoms with Crippen LogP contribution in [0.4, 0.5) is 23.4 Å². The summed E-state index contributed by atoms with van der Waals surface area (Å²) >= 11 is 0. The van der Waals surface area contributed by atoms with Crippen molar-refractivity contribution in [3.63, 3.8) is 0 Å². The SMILES string of the molecule is COCCNC(=O)c1cc2n(n1)[C@@H](C(F)(F)F)C[C@H](c1ccc(F)cc1)N2. The zero-order valence-electron chi connectivity index (χ0n) is 14.4. The summed E-state index contributed by atoms with van der Waals surface area (Å²) < 4.78 is 59.4. The lowest BCUT2D eigenvalue weighted by atomic mass is 9.97. The Hall–Kier alpha value is -2.62. The average molecular weight is 386 g/mol. The number of nitrogens with zero attached hydrogens (tertiary/aromatic N) is 2. The van der Waals surface area contributed by atoms with E-state index in [0.717, 1.165) is 4.68 Å². The molecule has 1 aliphatic rings. The Morgan fingerprint density at radius 2 is 2.07 bits per heavy atom. The largest absolute Gasteiger partial charge is 0.410 e. The van der Waals surface area contributed by atoms with Gasteiger partial charge in [0.15, 0.2) is 11.7 Å². The first kappa shape index (κ1) is 19.2. The standard InChI is InChI=1S/C17H18F4N4O2/c1-27-7-6-22-16(26)13-9-15-23-12(10-2-4-11(18)5-3-10)8-14(17(19,20)21)25(15)24-13/h2-5,9,12,14,23H,6-8H2,1H3,(H,22,26)/t12-,14-/m1/s1. The number of rotatable bonds is 5. The number of halogens is 4. The lowest BCUT2D eigenvalue weighted by Crippen LogP contribution is -2.36. The smallest absolute Gasteiger partial charge is 0.383 e. The van der Waals surface area contributed by atoms with Crippen LogP contribution in [0.3, 0.4) is 0 Å². The van der Waals surface area contributed by atoms with E-state index in [1.807, 2.05) is 0 Å². The first-order valence-corrected chi connectivity index (χ1v) is 8.25. The molecule has 27 heavy (non-hydrogen) atoms. The number of anilines is 1. The van der Waals surface area contributed by atoms with E-state index in [4.69, 9.17) is 4.74 Å². The molecule has 1 aliphatic heterocycles. The minimum Gasteiger partial charge on any atom is -0.383 e. The molecule has 0 spiro atoms. The summed E-state index contributed by atoms with van der Waals surface area (Å²) in [7, 11) is 1.47.